The molecule has 3 amide bonds. The number of hydrogen-bond donors (Lipinski definition) is 2. The zero-order chi connectivity index (χ0) is 23.4. The molecule has 31 heavy (non-hydrogen) atoms. The molecule has 0 spiro atoms. The van der Waals surface area contributed by atoms with Crippen LogP contribution in [0, 0.1) is 5.92 Å². The van der Waals surface area contributed by atoms with Gasteiger partial charge < -0.3 is 20.3 Å². The normalized spacial score (nSPS) is 17.1. The van der Waals surface area contributed by atoms with Gasteiger partial charge in [-0.25, -0.2) is 4.79 Å². The highest BCUT2D eigenvalue weighted by Gasteiger charge is 2.39. The van der Waals surface area contributed by atoms with Crippen molar-refractivity contribution in [3.8, 4) is 0 Å². The first-order chi connectivity index (χ1) is 14.3. The van der Waals surface area contributed by atoms with E-state index in [1.165, 1.54) is 18.2 Å². The smallest absolute Gasteiger partial charge is 0.444 e. The predicted molar refractivity (Wildman–Crippen MR) is 112 cm³/mol. The molecule has 0 bridgehead atoms. The molecule has 1 aromatic rings. The van der Waals surface area contributed by atoms with Gasteiger partial charge in [0.15, 0.2) is 0 Å². The molecule has 1 saturated heterocycles. The number of piperidine rings is 1. The Morgan fingerprint density at radius 2 is 1.90 bits per heavy atom. The van der Waals surface area contributed by atoms with E-state index in [-0.39, 0.29) is 23.7 Å². The van der Waals surface area contributed by atoms with Crippen LogP contribution in [-0.2, 0) is 9.53 Å². The maximum Gasteiger partial charge on any atom is 0.471 e. The number of alkyl halides is 3. The van der Waals surface area contributed by atoms with E-state index in [4.69, 9.17) is 4.74 Å². The highest BCUT2D eigenvalue weighted by molar-refractivity contribution is 9.10. The Balaban J connectivity index is 2.01. The number of benzene rings is 1. The van der Waals surface area contributed by atoms with Gasteiger partial charge in [-0.1, -0.05) is 15.9 Å². The van der Waals surface area contributed by atoms with Crippen LogP contribution in [0.25, 0.3) is 0 Å². The van der Waals surface area contributed by atoms with Crippen LogP contribution < -0.4 is 10.6 Å². The number of carbonyl (C=O) groups excluding carboxylic acids is 3. The predicted octanol–water partition coefficient (Wildman–Crippen LogP) is 4.33. The van der Waals surface area contributed by atoms with Crippen LogP contribution in [0.15, 0.2) is 22.7 Å². The van der Waals surface area contributed by atoms with Gasteiger partial charge in [0.05, 0.1) is 11.3 Å². The van der Waals surface area contributed by atoms with Crippen molar-refractivity contribution >= 4 is 39.5 Å². The van der Waals surface area contributed by atoms with Gasteiger partial charge >= 0.3 is 18.2 Å². The molecule has 172 valence electrons. The minimum atomic E-state index is -5.08. The summed E-state index contributed by atoms with van der Waals surface area (Å²) < 4.78 is 43.6. The van der Waals surface area contributed by atoms with E-state index < -0.39 is 29.7 Å². The molecule has 1 heterocycles. The first-order valence-corrected chi connectivity index (χ1v) is 10.5. The van der Waals surface area contributed by atoms with Crippen LogP contribution in [-0.4, -0.2) is 54.2 Å². The van der Waals surface area contributed by atoms with Gasteiger partial charge in [0.2, 0.25) is 0 Å². The maximum absolute atomic E-state index is 12.6. The van der Waals surface area contributed by atoms with Gasteiger partial charge in [-0.15, -0.1) is 0 Å². The summed E-state index contributed by atoms with van der Waals surface area (Å²) in [5.74, 6) is -2.83. The second kappa shape index (κ2) is 9.88. The highest BCUT2D eigenvalue weighted by Crippen LogP contribution is 2.25. The van der Waals surface area contributed by atoms with Gasteiger partial charge in [0.1, 0.15) is 5.60 Å². The minimum Gasteiger partial charge on any atom is -0.444 e. The van der Waals surface area contributed by atoms with Gasteiger partial charge in [-0.3, -0.25) is 9.59 Å². The van der Waals surface area contributed by atoms with E-state index in [2.05, 4.69) is 21.2 Å². The molecule has 2 rings (SSSR count). The molecule has 1 aromatic carbocycles. The fourth-order valence-electron chi connectivity index (χ4n) is 3.06. The van der Waals surface area contributed by atoms with E-state index in [1.54, 1.807) is 31.0 Å². The summed E-state index contributed by atoms with van der Waals surface area (Å²) in [7, 11) is 0. The molecule has 0 unspecified atom stereocenters. The van der Waals surface area contributed by atoms with Crippen LogP contribution in [0.5, 0.6) is 0 Å². The average molecular weight is 508 g/mol. The first-order valence-electron chi connectivity index (χ1n) is 9.70. The van der Waals surface area contributed by atoms with Gasteiger partial charge in [0.25, 0.3) is 5.91 Å². The minimum absolute atomic E-state index is 0.0365. The lowest BCUT2D eigenvalue weighted by Crippen LogP contribution is -2.45. The van der Waals surface area contributed by atoms with Crippen LogP contribution in [0.1, 0.15) is 44.0 Å². The maximum atomic E-state index is 12.6. The third-order valence-electron chi connectivity index (χ3n) is 4.45. The molecule has 0 aliphatic carbocycles. The van der Waals surface area contributed by atoms with Crippen molar-refractivity contribution in [3.63, 3.8) is 0 Å². The number of nitrogens with zero attached hydrogens (tertiary/aromatic N) is 1. The Morgan fingerprint density at radius 3 is 2.52 bits per heavy atom. The lowest BCUT2D eigenvalue weighted by molar-refractivity contribution is -0.167. The van der Waals surface area contributed by atoms with Crippen LogP contribution >= 0.6 is 15.9 Å². The second-order valence-corrected chi connectivity index (χ2v) is 9.20. The number of ether oxygens (including phenoxy) is 1. The fraction of sp³-hybridized carbons (Fsp3) is 0.550. The largest absolute Gasteiger partial charge is 0.471 e. The molecule has 0 radical (unpaired) electrons. The van der Waals surface area contributed by atoms with Crippen molar-refractivity contribution in [2.75, 3.05) is 25.0 Å². The van der Waals surface area contributed by atoms with Crippen molar-refractivity contribution in [2.45, 2.75) is 45.4 Å². The number of hydrogen-bond acceptors (Lipinski definition) is 4. The summed E-state index contributed by atoms with van der Waals surface area (Å²) in [6.07, 6.45) is -3.99. The molecule has 11 heteroatoms. The van der Waals surface area contributed by atoms with E-state index in [9.17, 15) is 27.6 Å². The zero-order valence-electron chi connectivity index (χ0n) is 17.4. The van der Waals surface area contributed by atoms with Gasteiger partial charge in [-0.05, 0) is 57.7 Å². The van der Waals surface area contributed by atoms with Crippen LogP contribution in [0.2, 0.25) is 0 Å². The van der Waals surface area contributed by atoms with E-state index in [1.807, 2.05) is 0 Å². The molecule has 1 aliphatic rings. The molecular weight excluding hydrogens is 483 g/mol. The molecule has 1 aliphatic heterocycles. The fourth-order valence-corrected chi connectivity index (χ4v) is 3.42. The highest BCUT2D eigenvalue weighted by atomic mass is 79.9. The number of nitrogens with one attached hydrogen (secondary N) is 2. The summed E-state index contributed by atoms with van der Waals surface area (Å²) in [5, 5.41) is 4.41. The number of halogens is 4. The van der Waals surface area contributed by atoms with E-state index in [0.29, 0.717) is 17.6 Å². The Morgan fingerprint density at radius 1 is 1.23 bits per heavy atom. The summed E-state index contributed by atoms with van der Waals surface area (Å²) >= 11 is 3.17. The molecule has 7 nitrogen and oxygen atoms in total. The molecule has 2 N–H and O–H groups in total. The summed E-state index contributed by atoms with van der Waals surface area (Å²) in [4.78, 5) is 37.7. The third-order valence-corrected chi connectivity index (χ3v) is 4.95. The van der Waals surface area contributed by atoms with Crippen LogP contribution in [0.3, 0.4) is 0 Å². The summed E-state index contributed by atoms with van der Waals surface area (Å²) in [6, 6.07) is 3.96. The quantitative estimate of drug-likeness (QED) is 0.634. The summed E-state index contributed by atoms with van der Waals surface area (Å²) in [6.45, 7) is 6.50. The molecule has 0 aromatic heterocycles. The first kappa shape index (κ1) is 25.0. The zero-order valence-corrected chi connectivity index (χ0v) is 19.0. The number of likely N-dealkylation sites (tertiary alicyclic amines) is 1. The number of anilines is 1. The monoisotopic (exact) mass is 507 g/mol. The SMILES string of the molecule is CC(C)(C)OC(=O)N1CCC[C@H](CNC(=O)c2cc(Br)ccc2NC(=O)C(F)(F)F)C1. The molecule has 1 atom stereocenters. The van der Waals surface area contributed by atoms with Crippen molar-refractivity contribution in [1.82, 2.24) is 10.2 Å². The molecular formula is C20H25BrF3N3O4. The van der Waals surface area contributed by atoms with Crippen molar-refractivity contribution in [1.29, 1.82) is 0 Å². The number of carbonyl (C=O) groups is 3. The van der Waals surface area contributed by atoms with Crippen LogP contribution in [0.4, 0.5) is 23.7 Å². The standard InChI is InChI=1S/C20H25BrF3N3O4/c1-19(2,3)31-18(30)27-8-4-5-12(11-27)10-25-16(28)14-9-13(21)6-7-15(14)26-17(29)20(22,23)24/h6-7,9,12H,4-5,8,10-11H2,1-3H3,(H,25,28)(H,26,29)/t12-/m1/s1. The van der Waals surface area contributed by atoms with Crippen molar-refractivity contribution < 1.29 is 32.3 Å². The van der Waals surface area contributed by atoms with Gasteiger partial charge in [-0.2, -0.15) is 13.2 Å². The second-order valence-electron chi connectivity index (χ2n) is 8.29. The molecule has 0 saturated carbocycles. The molecule has 1 fully saturated rings. The Bertz CT molecular complexity index is 840. The Hall–Kier alpha value is -2.30. The van der Waals surface area contributed by atoms with Crippen molar-refractivity contribution in [3.05, 3.63) is 28.2 Å². The Kier molecular flexibility index (Phi) is 7.96. The topological polar surface area (TPSA) is 87.7 Å². The van der Waals surface area contributed by atoms with E-state index >= 15 is 0 Å². The average Bonchev–Trinajstić information content (AvgIpc) is 2.65. The third kappa shape index (κ3) is 7.71. The summed E-state index contributed by atoms with van der Waals surface area (Å²) in [5.41, 5.74) is -0.968. The van der Waals surface area contributed by atoms with Gasteiger partial charge in [0, 0.05) is 24.1 Å². The lowest BCUT2D eigenvalue weighted by atomic mass is 9.98. The number of rotatable bonds is 4. The van der Waals surface area contributed by atoms with E-state index in [0.717, 1.165) is 12.8 Å². The Labute approximate surface area is 186 Å². The number of amides is 3. The lowest BCUT2D eigenvalue weighted by Gasteiger charge is -2.34. The van der Waals surface area contributed by atoms with Crippen molar-refractivity contribution in [2.24, 2.45) is 5.92 Å².